The van der Waals surface area contributed by atoms with E-state index < -0.39 is 0 Å². The minimum Gasteiger partial charge on any atom is -0.354 e. The minimum absolute atomic E-state index is 0.178. The quantitative estimate of drug-likeness (QED) is 0.346. The molecule has 0 saturated heterocycles. The van der Waals surface area contributed by atoms with Crippen molar-refractivity contribution in [2.45, 2.75) is 38.6 Å². The Labute approximate surface area is 222 Å². The van der Waals surface area contributed by atoms with Crippen LogP contribution in [0.15, 0.2) is 49.2 Å². The second kappa shape index (κ2) is 12.0. The van der Waals surface area contributed by atoms with Gasteiger partial charge in [-0.25, -0.2) is 19.9 Å². The number of aromatic amines is 1. The Morgan fingerprint density at radius 2 is 1.89 bits per heavy atom. The van der Waals surface area contributed by atoms with E-state index in [4.69, 9.17) is 0 Å². The number of nitrogens with zero attached hydrogens (tertiary/aromatic N) is 6. The molecular weight excluding hydrogens is 478 g/mol. The van der Waals surface area contributed by atoms with Gasteiger partial charge in [0.15, 0.2) is 0 Å². The van der Waals surface area contributed by atoms with Gasteiger partial charge in [0.2, 0.25) is 11.9 Å². The van der Waals surface area contributed by atoms with Crippen molar-refractivity contribution in [3.8, 4) is 0 Å². The smallest absolute Gasteiger partial charge is 0.222 e. The highest BCUT2D eigenvalue weighted by Gasteiger charge is 2.16. The molecule has 10 nitrogen and oxygen atoms in total. The van der Waals surface area contributed by atoms with Crippen molar-refractivity contribution >= 4 is 34.4 Å². The van der Waals surface area contributed by atoms with Crippen LogP contribution in [0.2, 0.25) is 0 Å². The third-order valence-corrected chi connectivity index (χ3v) is 7.00. The van der Waals surface area contributed by atoms with E-state index in [9.17, 15) is 4.79 Å². The first-order valence-corrected chi connectivity index (χ1v) is 13.2. The molecule has 0 unspecified atom stereocenters. The number of aromatic nitrogens is 5. The summed E-state index contributed by atoms with van der Waals surface area (Å²) in [6.07, 6.45) is 11.0. The Bertz CT molecular complexity index is 1370. The fourth-order valence-corrected chi connectivity index (χ4v) is 4.94. The van der Waals surface area contributed by atoms with Gasteiger partial charge in [0.1, 0.15) is 17.8 Å². The molecule has 0 spiro atoms. The number of hydrogen-bond acceptors (Lipinski definition) is 8. The number of amides is 1. The van der Waals surface area contributed by atoms with Crippen LogP contribution >= 0.6 is 0 Å². The molecule has 3 N–H and O–H groups in total. The lowest BCUT2D eigenvalue weighted by Gasteiger charge is -2.21. The fourth-order valence-electron chi connectivity index (χ4n) is 4.94. The van der Waals surface area contributed by atoms with Crippen LogP contribution in [-0.2, 0) is 24.2 Å². The molecule has 1 aromatic carbocycles. The summed E-state index contributed by atoms with van der Waals surface area (Å²) in [7, 11) is 4.01. The zero-order valence-electron chi connectivity index (χ0n) is 22.1. The van der Waals surface area contributed by atoms with Crippen LogP contribution in [-0.4, -0.2) is 74.4 Å². The zero-order valence-corrected chi connectivity index (χ0v) is 22.1. The van der Waals surface area contributed by atoms with Gasteiger partial charge in [0.05, 0.1) is 5.39 Å². The number of rotatable bonds is 5. The highest BCUT2D eigenvalue weighted by molar-refractivity contribution is 5.92. The molecule has 1 aliphatic heterocycles. The summed E-state index contributed by atoms with van der Waals surface area (Å²) in [5.74, 6) is 1.60. The molecule has 38 heavy (non-hydrogen) atoms. The van der Waals surface area contributed by atoms with Crippen molar-refractivity contribution in [1.82, 2.24) is 34.7 Å². The summed E-state index contributed by atoms with van der Waals surface area (Å²) in [5.41, 5.74) is 5.35. The average molecular weight is 514 g/mol. The summed E-state index contributed by atoms with van der Waals surface area (Å²) in [6.45, 7) is 3.18. The molecule has 4 heterocycles. The number of anilines is 3. The van der Waals surface area contributed by atoms with Gasteiger partial charge in [-0.15, -0.1) is 0 Å². The van der Waals surface area contributed by atoms with Crippen LogP contribution in [0.5, 0.6) is 0 Å². The first-order chi connectivity index (χ1) is 18.6. The second-order valence-corrected chi connectivity index (χ2v) is 9.88. The maximum absolute atomic E-state index is 12.9. The maximum Gasteiger partial charge on any atom is 0.222 e. The second-order valence-electron chi connectivity index (χ2n) is 9.88. The van der Waals surface area contributed by atoms with E-state index in [1.165, 1.54) is 11.1 Å². The fraction of sp³-hybridized carbons (Fsp3) is 0.393. The van der Waals surface area contributed by atoms with E-state index in [1.54, 1.807) is 24.8 Å². The predicted octanol–water partition coefficient (Wildman–Crippen LogP) is 3.76. The molecule has 0 aliphatic carbocycles. The number of fused-ring (bicyclic) bond motifs is 2. The standard InChI is InChI=1S/C28H35N9O/c1-36-14-5-15-37(2)24(38)10-8-21-16-23(35-27-25-22(18-36)17-32-26(25)33-19-34-27)9-7-20(21)6-3-11-29-28-30-12-4-13-31-28/h4,7,9,12-13,16-17,19H,3,5-6,8,10-11,14-15,18H2,1-2H3,(H,29,30,31)(H2,32,33,34,35). The van der Waals surface area contributed by atoms with Crippen LogP contribution in [0.3, 0.4) is 0 Å². The van der Waals surface area contributed by atoms with Gasteiger partial charge in [-0.3, -0.25) is 4.79 Å². The van der Waals surface area contributed by atoms with Gasteiger partial charge in [-0.1, -0.05) is 6.07 Å². The molecule has 4 aromatic rings. The van der Waals surface area contributed by atoms with Crippen molar-refractivity contribution in [3.05, 3.63) is 65.9 Å². The number of carbonyl (C=O) groups is 1. The Morgan fingerprint density at radius 3 is 2.76 bits per heavy atom. The first-order valence-electron chi connectivity index (χ1n) is 13.2. The van der Waals surface area contributed by atoms with E-state index in [-0.39, 0.29) is 5.91 Å². The van der Waals surface area contributed by atoms with E-state index in [0.29, 0.717) is 18.8 Å². The SMILES string of the molecule is CN1CCCN(C)C(=O)CCc2cc(ccc2CCCNc2ncccn2)Nc2ncnc3[nH]cc(c23)C1. The zero-order chi connectivity index (χ0) is 26.3. The molecule has 198 valence electrons. The number of hydrogen-bond donors (Lipinski definition) is 3. The van der Waals surface area contributed by atoms with Crippen molar-refractivity contribution in [3.63, 3.8) is 0 Å². The van der Waals surface area contributed by atoms with Crippen molar-refractivity contribution < 1.29 is 4.79 Å². The third-order valence-electron chi connectivity index (χ3n) is 7.00. The van der Waals surface area contributed by atoms with Gasteiger partial charge < -0.3 is 25.4 Å². The molecule has 0 radical (unpaired) electrons. The molecule has 10 heteroatoms. The summed E-state index contributed by atoms with van der Waals surface area (Å²) in [4.78, 5) is 37.8. The highest BCUT2D eigenvalue weighted by atomic mass is 16.2. The van der Waals surface area contributed by atoms with Crippen LogP contribution in [0, 0.1) is 0 Å². The Balaban J connectivity index is 1.40. The lowest BCUT2D eigenvalue weighted by molar-refractivity contribution is -0.129. The number of carbonyl (C=O) groups excluding carboxylic acids is 1. The Kier molecular flexibility index (Phi) is 8.08. The van der Waals surface area contributed by atoms with Crippen molar-refractivity contribution in [2.75, 3.05) is 44.4 Å². The van der Waals surface area contributed by atoms with E-state index in [2.05, 4.69) is 65.7 Å². The van der Waals surface area contributed by atoms with Crippen LogP contribution < -0.4 is 10.6 Å². The molecule has 5 rings (SSSR count). The van der Waals surface area contributed by atoms with Gasteiger partial charge in [0, 0.05) is 57.4 Å². The third kappa shape index (κ3) is 6.25. The predicted molar refractivity (Wildman–Crippen MR) is 149 cm³/mol. The van der Waals surface area contributed by atoms with E-state index >= 15 is 0 Å². The van der Waals surface area contributed by atoms with Crippen LogP contribution in [0.25, 0.3) is 11.0 Å². The number of nitrogens with one attached hydrogen (secondary N) is 3. The molecule has 3 aromatic heterocycles. The minimum atomic E-state index is 0.178. The van der Waals surface area contributed by atoms with Crippen molar-refractivity contribution in [1.29, 1.82) is 0 Å². The molecular formula is C28H35N9O. The molecule has 1 aliphatic rings. The van der Waals surface area contributed by atoms with Crippen molar-refractivity contribution in [2.24, 2.45) is 0 Å². The van der Waals surface area contributed by atoms with Gasteiger partial charge in [-0.05, 0) is 74.2 Å². The monoisotopic (exact) mass is 513 g/mol. The number of H-pyrrole nitrogens is 1. The molecule has 2 bridgehead atoms. The summed E-state index contributed by atoms with van der Waals surface area (Å²) in [6, 6.07) is 8.22. The van der Waals surface area contributed by atoms with Crippen LogP contribution in [0.4, 0.5) is 17.5 Å². The van der Waals surface area contributed by atoms with Gasteiger partial charge in [-0.2, -0.15) is 0 Å². The summed E-state index contributed by atoms with van der Waals surface area (Å²) >= 11 is 0. The van der Waals surface area contributed by atoms with Gasteiger partial charge in [0.25, 0.3) is 0 Å². The summed E-state index contributed by atoms with van der Waals surface area (Å²) in [5, 5.41) is 7.82. The van der Waals surface area contributed by atoms with E-state index in [1.807, 2.05) is 18.1 Å². The Hall–Kier alpha value is -4.05. The first kappa shape index (κ1) is 25.6. The molecule has 0 atom stereocenters. The summed E-state index contributed by atoms with van der Waals surface area (Å²) < 4.78 is 0. The number of benzene rings is 1. The molecule has 0 fully saturated rings. The molecule has 1 amide bonds. The van der Waals surface area contributed by atoms with E-state index in [0.717, 1.165) is 73.5 Å². The maximum atomic E-state index is 12.9. The van der Waals surface area contributed by atoms with Gasteiger partial charge >= 0.3 is 0 Å². The molecule has 0 saturated carbocycles. The lowest BCUT2D eigenvalue weighted by atomic mass is 9.98. The lowest BCUT2D eigenvalue weighted by Crippen LogP contribution is -2.30. The highest BCUT2D eigenvalue weighted by Crippen LogP contribution is 2.28. The average Bonchev–Trinajstić information content (AvgIpc) is 3.34. The number of aryl methyl sites for hydroxylation is 2. The normalized spacial score (nSPS) is 15.4. The Morgan fingerprint density at radius 1 is 1.03 bits per heavy atom. The topological polar surface area (TPSA) is 115 Å². The largest absolute Gasteiger partial charge is 0.354 e. The van der Waals surface area contributed by atoms with Crippen LogP contribution in [0.1, 0.15) is 36.0 Å².